The van der Waals surface area contributed by atoms with Gasteiger partial charge in [-0.15, -0.1) is 0 Å². The van der Waals surface area contributed by atoms with Crippen molar-refractivity contribution >= 4 is 5.69 Å². The molecule has 1 aromatic carbocycles. The van der Waals surface area contributed by atoms with Gasteiger partial charge in [-0.25, -0.2) is 4.39 Å². The van der Waals surface area contributed by atoms with Crippen LogP contribution in [0.3, 0.4) is 0 Å². The first-order valence-corrected chi connectivity index (χ1v) is 6.99. The van der Waals surface area contributed by atoms with Gasteiger partial charge < -0.3 is 10.6 Å². The van der Waals surface area contributed by atoms with Crippen molar-refractivity contribution in [2.75, 3.05) is 18.0 Å². The molecular weight excluding hydrogens is 227 g/mol. The first kappa shape index (κ1) is 13.3. The van der Waals surface area contributed by atoms with Crippen molar-refractivity contribution in [2.24, 2.45) is 5.73 Å². The lowest BCUT2D eigenvalue weighted by molar-refractivity contribution is 0.549. The molecule has 2 rings (SSSR count). The zero-order valence-electron chi connectivity index (χ0n) is 11.2. The van der Waals surface area contributed by atoms with E-state index in [4.69, 9.17) is 5.73 Å². The average Bonchev–Trinajstić information content (AvgIpc) is 2.27. The molecule has 1 aliphatic heterocycles. The van der Waals surface area contributed by atoms with Crippen LogP contribution < -0.4 is 10.6 Å². The standard InChI is InChI=1S/C15H23FN2/c1-12(17)15-13(16)8-7-9-14(15)18-10-5-3-2-4-6-11-18/h7-9,12H,2-6,10-11,17H2,1H3/t12-/m1/s1. The highest BCUT2D eigenvalue weighted by Gasteiger charge is 2.17. The minimum atomic E-state index is -0.258. The molecule has 0 amide bonds. The molecule has 1 atom stereocenters. The van der Waals surface area contributed by atoms with Crippen LogP contribution in [0.4, 0.5) is 10.1 Å². The Morgan fingerprint density at radius 3 is 2.33 bits per heavy atom. The number of nitrogens with zero attached hydrogens (tertiary/aromatic N) is 1. The number of rotatable bonds is 2. The van der Waals surface area contributed by atoms with E-state index in [1.807, 2.05) is 13.0 Å². The molecule has 0 spiro atoms. The van der Waals surface area contributed by atoms with Gasteiger partial charge in [0.25, 0.3) is 0 Å². The summed E-state index contributed by atoms with van der Waals surface area (Å²) in [5.74, 6) is -0.176. The molecule has 18 heavy (non-hydrogen) atoms. The second-order valence-electron chi connectivity index (χ2n) is 5.22. The zero-order valence-corrected chi connectivity index (χ0v) is 11.2. The predicted molar refractivity (Wildman–Crippen MR) is 74.3 cm³/mol. The van der Waals surface area contributed by atoms with Gasteiger partial charge in [-0.1, -0.05) is 25.3 Å². The Hall–Kier alpha value is -1.09. The highest BCUT2D eigenvalue weighted by Crippen LogP contribution is 2.29. The Kier molecular flexibility index (Phi) is 4.59. The Morgan fingerprint density at radius 2 is 1.72 bits per heavy atom. The highest BCUT2D eigenvalue weighted by atomic mass is 19.1. The van der Waals surface area contributed by atoms with Crippen LogP contribution in [0.25, 0.3) is 0 Å². The maximum atomic E-state index is 13.9. The SMILES string of the molecule is C[C@@H](N)c1c(F)cccc1N1CCCCCCC1. The molecule has 1 aliphatic rings. The third-order valence-electron chi connectivity index (χ3n) is 3.68. The third kappa shape index (κ3) is 3.02. The smallest absolute Gasteiger partial charge is 0.130 e. The number of anilines is 1. The second-order valence-corrected chi connectivity index (χ2v) is 5.22. The zero-order chi connectivity index (χ0) is 13.0. The normalized spacial score (nSPS) is 19.2. The summed E-state index contributed by atoms with van der Waals surface area (Å²) in [6, 6.07) is 5.04. The molecule has 0 aliphatic carbocycles. The summed E-state index contributed by atoms with van der Waals surface area (Å²) in [5, 5.41) is 0. The largest absolute Gasteiger partial charge is 0.371 e. The number of nitrogens with two attached hydrogens (primary N) is 1. The number of halogens is 1. The summed E-state index contributed by atoms with van der Waals surface area (Å²) < 4.78 is 13.9. The lowest BCUT2D eigenvalue weighted by atomic mass is 10.0. The van der Waals surface area contributed by atoms with Crippen LogP contribution in [0.2, 0.25) is 0 Å². The Bertz CT molecular complexity index is 382. The molecule has 2 nitrogen and oxygen atoms in total. The van der Waals surface area contributed by atoms with E-state index in [9.17, 15) is 4.39 Å². The van der Waals surface area contributed by atoms with Crippen molar-refractivity contribution in [2.45, 2.75) is 45.1 Å². The molecule has 100 valence electrons. The molecule has 0 radical (unpaired) electrons. The van der Waals surface area contributed by atoms with Crippen molar-refractivity contribution in [3.8, 4) is 0 Å². The summed E-state index contributed by atoms with van der Waals surface area (Å²) in [6.45, 7) is 3.89. The van der Waals surface area contributed by atoms with Crippen molar-refractivity contribution in [1.29, 1.82) is 0 Å². The van der Waals surface area contributed by atoms with Crippen molar-refractivity contribution < 1.29 is 4.39 Å². The molecule has 1 aromatic rings. The van der Waals surface area contributed by atoms with E-state index in [0.29, 0.717) is 5.56 Å². The molecule has 1 saturated heterocycles. The maximum absolute atomic E-state index is 13.9. The van der Waals surface area contributed by atoms with Gasteiger partial charge in [-0.05, 0) is 31.9 Å². The summed E-state index contributed by atoms with van der Waals surface area (Å²) >= 11 is 0. The van der Waals surface area contributed by atoms with Crippen LogP contribution in [-0.4, -0.2) is 13.1 Å². The van der Waals surface area contributed by atoms with Crippen LogP contribution in [0.5, 0.6) is 0 Å². The Morgan fingerprint density at radius 1 is 1.11 bits per heavy atom. The van der Waals surface area contributed by atoms with Crippen molar-refractivity contribution in [3.63, 3.8) is 0 Å². The molecule has 3 heteroatoms. The fourth-order valence-corrected chi connectivity index (χ4v) is 2.74. The first-order valence-electron chi connectivity index (χ1n) is 6.99. The van der Waals surface area contributed by atoms with E-state index >= 15 is 0 Å². The van der Waals surface area contributed by atoms with E-state index < -0.39 is 0 Å². The monoisotopic (exact) mass is 250 g/mol. The minimum Gasteiger partial charge on any atom is -0.371 e. The van der Waals surface area contributed by atoms with Crippen LogP contribution in [0, 0.1) is 5.82 Å². The summed E-state index contributed by atoms with van der Waals surface area (Å²) in [4.78, 5) is 2.31. The van der Waals surface area contributed by atoms with E-state index in [1.54, 1.807) is 6.07 Å². The van der Waals surface area contributed by atoms with E-state index in [0.717, 1.165) is 18.8 Å². The van der Waals surface area contributed by atoms with E-state index in [-0.39, 0.29) is 11.9 Å². The number of hydrogen-bond acceptors (Lipinski definition) is 2. The average molecular weight is 250 g/mol. The quantitative estimate of drug-likeness (QED) is 0.868. The van der Waals surface area contributed by atoms with Gasteiger partial charge in [0.2, 0.25) is 0 Å². The van der Waals surface area contributed by atoms with Crippen LogP contribution in [0.15, 0.2) is 18.2 Å². The van der Waals surface area contributed by atoms with Gasteiger partial charge >= 0.3 is 0 Å². The fourth-order valence-electron chi connectivity index (χ4n) is 2.74. The lowest BCUT2D eigenvalue weighted by Gasteiger charge is -2.30. The van der Waals surface area contributed by atoms with Gasteiger partial charge in [0.1, 0.15) is 5.82 Å². The van der Waals surface area contributed by atoms with Gasteiger partial charge in [0.15, 0.2) is 0 Å². The lowest BCUT2D eigenvalue weighted by Crippen LogP contribution is -2.29. The van der Waals surface area contributed by atoms with Gasteiger partial charge in [-0.3, -0.25) is 0 Å². The molecule has 2 N–H and O–H groups in total. The summed E-state index contributed by atoms with van der Waals surface area (Å²) in [5.41, 5.74) is 7.58. The Balaban J connectivity index is 2.27. The summed E-state index contributed by atoms with van der Waals surface area (Å²) in [7, 11) is 0. The summed E-state index contributed by atoms with van der Waals surface area (Å²) in [6.07, 6.45) is 6.26. The minimum absolute atomic E-state index is 0.176. The van der Waals surface area contributed by atoms with E-state index in [1.165, 1.54) is 38.2 Å². The third-order valence-corrected chi connectivity index (χ3v) is 3.68. The molecule has 1 fully saturated rings. The topological polar surface area (TPSA) is 29.3 Å². The highest BCUT2D eigenvalue weighted by molar-refractivity contribution is 5.55. The predicted octanol–water partition coefficient (Wildman–Crippen LogP) is 3.62. The molecular formula is C15H23FN2. The molecule has 0 saturated carbocycles. The molecule has 0 bridgehead atoms. The van der Waals surface area contributed by atoms with Crippen molar-refractivity contribution in [1.82, 2.24) is 0 Å². The molecule has 0 aromatic heterocycles. The molecule has 1 heterocycles. The van der Waals surface area contributed by atoms with Crippen LogP contribution in [-0.2, 0) is 0 Å². The second kappa shape index (κ2) is 6.19. The number of benzene rings is 1. The molecule has 0 unspecified atom stereocenters. The number of hydrogen-bond donors (Lipinski definition) is 1. The fraction of sp³-hybridized carbons (Fsp3) is 0.600. The van der Waals surface area contributed by atoms with Crippen molar-refractivity contribution in [3.05, 3.63) is 29.6 Å². The van der Waals surface area contributed by atoms with Gasteiger partial charge in [0.05, 0.1) is 0 Å². The van der Waals surface area contributed by atoms with Crippen LogP contribution in [0.1, 0.15) is 50.6 Å². The maximum Gasteiger partial charge on any atom is 0.130 e. The van der Waals surface area contributed by atoms with Crippen LogP contribution >= 0.6 is 0 Å². The first-order chi connectivity index (χ1) is 8.70. The van der Waals surface area contributed by atoms with Gasteiger partial charge in [0, 0.05) is 30.4 Å². The van der Waals surface area contributed by atoms with E-state index in [2.05, 4.69) is 4.90 Å². The van der Waals surface area contributed by atoms with Gasteiger partial charge in [-0.2, -0.15) is 0 Å². The Labute approximate surface area is 109 Å².